The normalized spacial score (nSPS) is 14.7. The maximum atomic E-state index is 12.5. The summed E-state index contributed by atoms with van der Waals surface area (Å²) in [5.41, 5.74) is 1.90. The van der Waals surface area contributed by atoms with Gasteiger partial charge in [-0.15, -0.1) is 0 Å². The molecule has 0 bridgehead atoms. The molecule has 0 N–H and O–H groups in total. The van der Waals surface area contributed by atoms with Gasteiger partial charge in [0.2, 0.25) is 0 Å². The smallest absolute Gasteiger partial charge is 0.254 e. The fraction of sp³-hybridized carbons (Fsp3) is 0.278. The predicted octanol–water partition coefficient (Wildman–Crippen LogP) is 3.42. The van der Waals surface area contributed by atoms with Gasteiger partial charge in [0.05, 0.1) is 7.11 Å². The van der Waals surface area contributed by atoms with Crippen LogP contribution < -0.4 is 9.64 Å². The minimum atomic E-state index is 0.0979. The summed E-state index contributed by atoms with van der Waals surface area (Å²) in [5, 5.41) is 0. The van der Waals surface area contributed by atoms with Gasteiger partial charge in [-0.1, -0.05) is 22.0 Å². The second-order valence-corrected chi connectivity index (χ2v) is 6.40. The van der Waals surface area contributed by atoms with Gasteiger partial charge in [-0.25, -0.2) is 0 Å². The van der Waals surface area contributed by atoms with E-state index in [0.29, 0.717) is 0 Å². The molecule has 4 nitrogen and oxygen atoms in total. The van der Waals surface area contributed by atoms with Crippen molar-refractivity contribution in [3.05, 3.63) is 58.6 Å². The van der Waals surface area contributed by atoms with Crippen molar-refractivity contribution in [2.45, 2.75) is 0 Å². The van der Waals surface area contributed by atoms with Gasteiger partial charge in [-0.2, -0.15) is 0 Å². The highest BCUT2D eigenvalue weighted by Gasteiger charge is 2.22. The summed E-state index contributed by atoms with van der Waals surface area (Å²) in [7, 11) is 1.67. The summed E-state index contributed by atoms with van der Waals surface area (Å²) in [5.74, 6) is 0.956. The molecule has 2 aromatic carbocycles. The minimum Gasteiger partial charge on any atom is -0.497 e. The van der Waals surface area contributed by atoms with Crippen LogP contribution in [0.4, 0.5) is 5.69 Å². The number of piperazine rings is 1. The number of nitrogens with zero attached hydrogens (tertiary/aromatic N) is 2. The summed E-state index contributed by atoms with van der Waals surface area (Å²) in [6, 6.07) is 15.6. The molecular formula is C18H19BrN2O2. The average Bonchev–Trinajstić information content (AvgIpc) is 2.61. The molecule has 1 aliphatic heterocycles. The maximum Gasteiger partial charge on any atom is 0.254 e. The first-order chi connectivity index (χ1) is 11.2. The molecule has 1 amide bonds. The van der Waals surface area contributed by atoms with Crippen LogP contribution in [0.15, 0.2) is 53.0 Å². The van der Waals surface area contributed by atoms with Crippen molar-refractivity contribution in [1.29, 1.82) is 0 Å². The first-order valence-electron chi connectivity index (χ1n) is 7.61. The van der Waals surface area contributed by atoms with E-state index in [0.717, 1.165) is 42.0 Å². The Morgan fingerprint density at radius 2 is 1.74 bits per heavy atom. The number of benzene rings is 2. The van der Waals surface area contributed by atoms with Crippen molar-refractivity contribution < 1.29 is 9.53 Å². The first kappa shape index (κ1) is 15.9. The Hall–Kier alpha value is -2.01. The summed E-state index contributed by atoms with van der Waals surface area (Å²) in [6.07, 6.45) is 0. The maximum absolute atomic E-state index is 12.5. The molecule has 23 heavy (non-hydrogen) atoms. The fourth-order valence-corrected chi connectivity index (χ4v) is 3.16. The molecule has 0 saturated carbocycles. The van der Waals surface area contributed by atoms with E-state index in [1.807, 2.05) is 41.3 Å². The monoisotopic (exact) mass is 374 g/mol. The second-order valence-electron chi connectivity index (χ2n) is 5.49. The van der Waals surface area contributed by atoms with Gasteiger partial charge in [0.15, 0.2) is 0 Å². The summed E-state index contributed by atoms with van der Waals surface area (Å²) >= 11 is 3.42. The molecular weight excluding hydrogens is 356 g/mol. The SMILES string of the molecule is COc1ccc(N2CCN(C(=O)c3cccc(Br)c3)CC2)cc1. The highest BCUT2D eigenvalue weighted by atomic mass is 79.9. The zero-order chi connectivity index (χ0) is 16.2. The highest BCUT2D eigenvalue weighted by Crippen LogP contribution is 2.21. The second kappa shape index (κ2) is 7.04. The Morgan fingerprint density at radius 3 is 2.35 bits per heavy atom. The number of ether oxygens (including phenoxy) is 1. The summed E-state index contributed by atoms with van der Waals surface area (Å²) < 4.78 is 6.12. The number of carbonyl (C=O) groups excluding carboxylic acids is 1. The molecule has 0 aliphatic carbocycles. The predicted molar refractivity (Wildman–Crippen MR) is 95.3 cm³/mol. The Kier molecular flexibility index (Phi) is 4.86. The summed E-state index contributed by atoms with van der Waals surface area (Å²) in [6.45, 7) is 3.15. The third kappa shape index (κ3) is 3.67. The van der Waals surface area contributed by atoms with Gasteiger partial charge in [-0.3, -0.25) is 4.79 Å². The molecule has 0 atom stereocenters. The van der Waals surface area contributed by atoms with E-state index >= 15 is 0 Å². The van der Waals surface area contributed by atoms with E-state index in [9.17, 15) is 4.79 Å². The molecule has 0 radical (unpaired) electrons. The molecule has 0 unspecified atom stereocenters. The van der Waals surface area contributed by atoms with E-state index in [1.54, 1.807) is 7.11 Å². The highest BCUT2D eigenvalue weighted by molar-refractivity contribution is 9.10. The number of amides is 1. The molecule has 1 saturated heterocycles. The molecule has 1 heterocycles. The van der Waals surface area contributed by atoms with E-state index in [2.05, 4.69) is 33.0 Å². The largest absolute Gasteiger partial charge is 0.497 e. The van der Waals surface area contributed by atoms with Crippen LogP contribution in [-0.2, 0) is 0 Å². The quantitative estimate of drug-likeness (QED) is 0.824. The number of carbonyl (C=O) groups is 1. The number of rotatable bonds is 3. The van der Waals surface area contributed by atoms with Crippen molar-refractivity contribution in [3.8, 4) is 5.75 Å². The number of methoxy groups -OCH3 is 1. The molecule has 2 aromatic rings. The third-order valence-corrected chi connectivity index (χ3v) is 4.57. The van der Waals surface area contributed by atoms with Crippen LogP contribution in [0.2, 0.25) is 0 Å². The minimum absolute atomic E-state index is 0.0979. The zero-order valence-electron chi connectivity index (χ0n) is 13.0. The fourth-order valence-electron chi connectivity index (χ4n) is 2.76. The van der Waals surface area contributed by atoms with Crippen LogP contribution in [0.5, 0.6) is 5.75 Å². The number of hydrogen-bond acceptors (Lipinski definition) is 3. The van der Waals surface area contributed by atoms with Crippen LogP contribution in [0, 0.1) is 0 Å². The van der Waals surface area contributed by atoms with Gasteiger partial charge < -0.3 is 14.5 Å². The molecule has 3 rings (SSSR count). The molecule has 1 aliphatic rings. The molecule has 0 aromatic heterocycles. The van der Waals surface area contributed by atoms with Gasteiger partial charge in [0.1, 0.15) is 5.75 Å². The van der Waals surface area contributed by atoms with E-state index in [4.69, 9.17) is 4.74 Å². The molecule has 5 heteroatoms. The van der Waals surface area contributed by atoms with Crippen LogP contribution in [-0.4, -0.2) is 44.1 Å². The van der Waals surface area contributed by atoms with Crippen molar-refractivity contribution in [2.75, 3.05) is 38.2 Å². The number of hydrogen-bond donors (Lipinski definition) is 0. The van der Waals surface area contributed by atoms with Crippen LogP contribution in [0.3, 0.4) is 0 Å². The third-order valence-electron chi connectivity index (χ3n) is 4.08. The Labute approximate surface area is 144 Å². The van der Waals surface area contributed by atoms with Gasteiger partial charge in [-0.05, 0) is 42.5 Å². The van der Waals surface area contributed by atoms with Gasteiger partial charge in [0, 0.05) is 41.9 Å². The zero-order valence-corrected chi connectivity index (χ0v) is 14.6. The standard InChI is InChI=1S/C18H19BrN2O2/c1-23-17-7-5-16(6-8-17)20-9-11-21(12-10-20)18(22)14-3-2-4-15(19)13-14/h2-8,13H,9-12H2,1H3. The van der Waals surface area contributed by atoms with E-state index < -0.39 is 0 Å². The van der Waals surface area contributed by atoms with Crippen LogP contribution in [0.25, 0.3) is 0 Å². The Morgan fingerprint density at radius 1 is 1.04 bits per heavy atom. The van der Waals surface area contributed by atoms with E-state index in [-0.39, 0.29) is 5.91 Å². The van der Waals surface area contributed by atoms with E-state index in [1.165, 1.54) is 5.69 Å². The van der Waals surface area contributed by atoms with Crippen LogP contribution >= 0.6 is 15.9 Å². The van der Waals surface area contributed by atoms with Crippen molar-refractivity contribution in [1.82, 2.24) is 4.90 Å². The lowest BCUT2D eigenvalue weighted by molar-refractivity contribution is 0.0746. The molecule has 0 spiro atoms. The van der Waals surface area contributed by atoms with Gasteiger partial charge in [0.25, 0.3) is 5.91 Å². The van der Waals surface area contributed by atoms with Crippen molar-refractivity contribution >= 4 is 27.5 Å². The molecule has 120 valence electrons. The molecule has 1 fully saturated rings. The Bertz CT molecular complexity index is 680. The van der Waals surface area contributed by atoms with Gasteiger partial charge >= 0.3 is 0 Å². The topological polar surface area (TPSA) is 32.8 Å². The number of halogens is 1. The summed E-state index contributed by atoms with van der Waals surface area (Å²) in [4.78, 5) is 16.8. The lowest BCUT2D eigenvalue weighted by Gasteiger charge is -2.36. The lowest BCUT2D eigenvalue weighted by atomic mass is 10.1. The lowest BCUT2D eigenvalue weighted by Crippen LogP contribution is -2.48. The van der Waals surface area contributed by atoms with Crippen molar-refractivity contribution in [2.24, 2.45) is 0 Å². The average molecular weight is 375 g/mol. The van der Waals surface area contributed by atoms with Crippen molar-refractivity contribution in [3.63, 3.8) is 0 Å². The van der Waals surface area contributed by atoms with Crippen LogP contribution in [0.1, 0.15) is 10.4 Å². The first-order valence-corrected chi connectivity index (χ1v) is 8.40. The number of anilines is 1. The Balaban J connectivity index is 1.62.